The van der Waals surface area contributed by atoms with Gasteiger partial charge in [-0.15, -0.1) is 0 Å². The molecule has 3 aromatic rings. The summed E-state index contributed by atoms with van der Waals surface area (Å²) in [5.74, 6) is 0.0757. The molecule has 8 heteroatoms. The second kappa shape index (κ2) is 8.02. The van der Waals surface area contributed by atoms with Crippen LogP contribution in [0.5, 0.6) is 5.75 Å². The lowest BCUT2D eigenvalue weighted by Crippen LogP contribution is -2.40. The van der Waals surface area contributed by atoms with E-state index in [1.165, 1.54) is 4.90 Å². The Hall–Kier alpha value is -3.13. The molecule has 7 nitrogen and oxygen atoms in total. The number of hydrogen-bond acceptors (Lipinski definition) is 6. The van der Waals surface area contributed by atoms with Gasteiger partial charge in [0.25, 0.3) is 5.91 Å². The van der Waals surface area contributed by atoms with Crippen molar-refractivity contribution in [2.45, 2.75) is 38.8 Å². The number of amides is 1. The molecule has 1 amide bonds. The van der Waals surface area contributed by atoms with Gasteiger partial charge in [0, 0.05) is 6.04 Å². The van der Waals surface area contributed by atoms with Gasteiger partial charge in [0.05, 0.1) is 35.1 Å². The number of carbonyl (C=O) groups is 1. The number of rotatable bonds is 5. The Kier molecular flexibility index (Phi) is 5.28. The van der Waals surface area contributed by atoms with Crippen molar-refractivity contribution in [2.75, 3.05) is 18.1 Å². The maximum absolute atomic E-state index is 13.7. The number of sulfone groups is 1. The maximum Gasteiger partial charge on any atom is 0.291 e. The second-order valence-electron chi connectivity index (χ2n) is 8.77. The fourth-order valence-electron chi connectivity index (χ4n) is 4.80. The summed E-state index contributed by atoms with van der Waals surface area (Å²) >= 11 is 0. The number of carbonyl (C=O) groups excluding carboxylic acids is 1. The van der Waals surface area contributed by atoms with Crippen LogP contribution in [-0.4, -0.2) is 43.4 Å². The van der Waals surface area contributed by atoms with Crippen molar-refractivity contribution in [1.82, 2.24) is 4.90 Å². The van der Waals surface area contributed by atoms with Gasteiger partial charge in [-0.3, -0.25) is 9.59 Å². The van der Waals surface area contributed by atoms with Crippen molar-refractivity contribution >= 4 is 26.7 Å². The van der Waals surface area contributed by atoms with Gasteiger partial charge in [0.1, 0.15) is 11.3 Å². The van der Waals surface area contributed by atoms with Crippen LogP contribution in [0.4, 0.5) is 0 Å². The summed E-state index contributed by atoms with van der Waals surface area (Å²) in [4.78, 5) is 28.8. The summed E-state index contributed by atoms with van der Waals surface area (Å²) < 4.78 is 36.2. The lowest BCUT2D eigenvalue weighted by Gasteiger charge is -2.30. The van der Waals surface area contributed by atoms with Crippen LogP contribution in [0, 0.1) is 6.92 Å². The minimum Gasteiger partial charge on any atom is -0.494 e. The third-order valence-corrected chi connectivity index (χ3v) is 8.06. The fraction of sp³-hybridized carbons (Fsp3) is 0.360. The number of nitrogens with zero attached hydrogens (tertiary/aromatic N) is 1. The van der Waals surface area contributed by atoms with E-state index in [9.17, 15) is 18.0 Å². The molecule has 3 heterocycles. The summed E-state index contributed by atoms with van der Waals surface area (Å²) in [7, 11) is -3.25. The molecule has 0 radical (unpaired) electrons. The molecule has 0 spiro atoms. The van der Waals surface area contributed by atoms with E-state index in [-0.39, 0.29) is 28.3 Å². The van der Waals surface area contributed by atoms with Crippen LogP contribution in [0.1, 0.15) is 53.1 Å². The van der Waals surface area contributed by atoms with Crippen molar-refractivity contribution in [3.8, 4) is 5.75 Å². The first-order chi connectivity index (χ1) is 15.8. The minimum absolute atomic E-state index is 0.00877. The Labute approximate surface area is 191 Å². The molecule has 2 atom stereocenters. The molecule has 0 saturated carbocycles. The van der Waals surface area contributed by atoms with Gasteiger partial charge in [-0.05, 0) is 49.6 Å². The Morgan fingerprint density at radius 2 is 1.97 bits per heavy atom. The van der Waals surface area contributed by atoms with E-state index < -0.39 is 27.8 Å². The molecule has 5 rings (SSSR count). The average Bonchev–Trinajstić information content (AvgIpc) is 3.29. The summed E-state index contributed by atoms with van der Waals surface area (Å²) in [6, 6.07) is 11.3. The first kappa shape index (κ1) is 21.7. The van der Waals surface area contributed by atoms with E-state index >= 15 is 0 Å². The third-order valence-electron chi connectivity index (χ3n) is 6.31. The zero-order valence-electron chi connectivity index (χ0n) is 18.5. The molecule has 2 aliphatic heterocycles. The zero-order valence-corrected chi connectivity index (χ0v) is 19.4. The molecular formula is C25H25NO6S. The van der Waals surface area contributed by atoms with E-state index in [4.69, 9.17) is 9.15 Å². The van der Waals surface area contributed by atoms with Crippen LogP contribution in [0.25, 0.3) is 11.0 Å². The average molecular weight is 468 g/mol. The van der Waals surface area contributed by atoms with Gasteiger partial charge < -0.3 is 14.1 Å². The van der Waals surface area contributed by atoms with Crippen LogP contribution in [0.15, 0.2) is 51.7 Å². The van der Waals surface area contributed by atoms with Gasteiger partial charge in [-0.2, -0.15) is 0 Å². The number of hydrogen-bond donors (Lipinski definition) is 0. The normalized spacial score (nSPS) is 21.5. The van der Waals surface area contributed by atoms with Crippen LogP contribution < -0.4 is 10.2 Å². The fourth-order valence-corrected chi connectivity index (χ4v) is 6.51. The molecule has 2 aromatic carbocycles. The lowest BCUT2D eigenvalue weighted by atomic mass is 9.97. The Morgan fingerprint density at radius 3 is 2.70 bits per heavy atom. The SMILES string of the molecule is CCCOc1cccc(C2c3c(oc4ccc(C)cc4c3=O)C(=O)N2C2CCS(=O)(=O)C2)c1. The van der Waals surface area contributed by atoms with Gasteiger partial charge >= 0.3 is 0 Å². The van der Waals surface area contributed by atoms with Gasteiger partial charge in [0.2, 0.25) is 5.76 Å². The van der Waals surface area contributed by atoms with Crippen molar-refractivity contribution < 1.29 is 22.4 Å². The molecule has 1 aromatic heterocycles. The molecule has 0 aliphatic carbocycles. The topological polar surface area (TPSA) is 93.9 Å². The standard InChI is InChI=1S/C25H25NO6S/c1-3-10-31-18-6-4-5-16(13-18)22-21-23(27)19-12-15(2)7-8-20(19)32-24(21)25(28)26(22)17-9-11-33(29,30)14-17/h4-8,12-13,17,22H,3,9-11,14H2,1-2H3. The van der Waals surface area contributed by atoms with E-state index in [1.807, 2.05) is 44.2 Å². The highest BCUT2D eigenvalue weighted by atomic mass is 32.2. The quantitative estimate of drug-likeness (QED) is 0.569. The number of fused-ring (bicyclic) bond motifs is 2. The number of ether oxygens (including phenoxy) is 1. The van der Waals surface area contributed by atoms with Crippen molar-refractivity contribution in [1.29, 1.82) is 0 Å². The Bertz CT molecular complexity index is 1420. The van der Waals surface area contributed by atoms with E-state index in [1.54, 1.807) is 12.1 Å². The predicted octanol–water partition coefficient (Wildman–Crippen LogP) is 3.62. The van der Waals surface area contributed by atoms with Gasteiger partial charge in [-0.1, -0.05) is 30.7 Å². The van der Waals surface area contributed by atoms with Gasteiger partial charge in [-0.25, -0.2) is 8.42 Å². The smallest absolute Gasteiger partial charge is 0.291 e. The third kappa shape index (κ3) is 3.72. The van der Waals surface area contributed by atoms with E-state index in [2.05, 4.69) is 0 Å². The summed E-state index contributed by atoms with van der Waals surface area (Å²) in [6.45, 7) is 4.44. The predicted molar refractivity (Wildman–Crippen MR) is 125 cm³/mol. The molecule has 2 unspecified atom stereocenters. The molecule has 0 N–H and O–H groups in total. The number of benzene rings is 2. The molecule has 172 valence electrons. The molecule has 1 saturated heterocycles. The zero-order chi connectivity index (χ0) is 23.3. The highest BCUT2D eigenvalue weighted by Gasteiger charge is 2.48. The maximum atomic E-state index is 13.7. The molecule has 33 heavy (non-hydrogen) atoms. The van der Waals surface area contributed by atoms with Crippen LogP contribution in [0.2, 0.25) is 0 Å². The Balaban J connectivity index is 1.72. The van der Waals surface area contributed by atoms with Crippen LogP contribution in [0.3, 0.4) is 0 Å². The summed E-state index contributed by atoms with van der Waals surface area (Å²) in [5.41, 5.74) is 1.94. The second-order valence-corrected chi connectivity index (χ2v) is 11.0. The monoisotopic (exact) mass is 467 g/mol. The Morgan fingerprint density at radius 1 is 1.15 bits per heavy atom. The lowest BCUT2D eigenvalue weighted by molar-refractivity contribution is 0.0662. The van der Waals surface area contributed by atoms with Crippen LogP contribution in [-0.2, 0) is 9.84 Å². The summed E-state index contributed by atoms with van der Waals surface area (Å²) in [5, 5.41) is 0.408. The largest absolute Gasteiger partial charge is 0.494 e. The van der Waals surface area contributed by atoms with Crippen molar-refractivity contribution in [3.63, 3.8) is 0 Å². The highest BCUT2D eigenvalue weighted by molar-refractivity contribution is 7.91. The summed E-state index contributed by atoms with van der Waals surface area (Å²) in [6.07, 6.45) is 1.17. The minimum atomic E-state index is -3.25. The first-order valence-corrected chi connectivity index (χ1v) is 12.9. The van der Waals surface area contributed by atoms with Crippen molar-refractivity contribution in [3.05, 3.63) is 75.1 Å². The highest BCUT2D eigenvalue weighted by Crippen LogP contribution is 2.42. The van der Waals surface area contributed by atoms with Gasteiger partial charge in [0.15, 0.2) is 15.3 Å². The van der Waals surface area contributed by atoms with E-state index in [0.717, 1.165) is 12.0 Å². The van der Waals surface area contributed by atoms with E-state index in [0.29, 0.717) is 35.3 Å². The van der Waals surface area contributed by atoms with Crippen molar-refractivity contribution in [2.24, 2.45) is 0 Å². The molecule has 0 bridgehead atoms. The molecular weight excluding hydrogens is 442 g/mol. The number of aryl methyl sites for hydroxylation is 1. The molecule has 1 fully saturated rings. The molecule has 2 aliphatic rings. The first-order valence-electron chi connectivity index (χ1n) is 11.1. The van der Waals surface area contributed by atoms with Crippen LogP contribution >= 0.6 is 0 Å².